The molecule has 0 saturated carbocycles. The number of nitrogens with zero attached hydrogens (tertiary/aromatic N) is 4. The molecule has 0 unspecified atom stereocenters. The number of aliphatic hydroxyl groups excluding tert-OH is 2. The van der Waals surface area contributed by atoms with E-state index in [0.717, 1.165) is 5.56 Å². The molecular formula is C39H44ClF3N6O6. The number of nitrogens with one attached hydrogen (secondary N) is 2. The Bertz CT molecular complexity index is 1930. The first-order valence-corrected chi connectivity index (χ1v) is 18.4. The SMILES string of the molecule is CC(C)(c1ncc(-c2cncc(Cl)c2)o1)N1CCN(C[C@@H](O)C[C@@H](Cc2ccccc2)C(=O)N[C@H]2c3ccccc3OC[C@H]2O)[C@H](C(=O)NCC(F)(F)F)C1. The average Bonchev–Trinajstić information content (AvgIpc) is 3.67. The lowest BCUT2D eigenvalue weighted by Crippen LogP contribution is -2.63. The summed E-state index contributed by atoms with van der Waals surface area (Å²) >= 11 is 6.11. The third-order valence-corrected chi connectivity index (χ3v) is 10.3. The van der Waals surface area contributed by atoms with Gasteiger partial charge in [0.1, 0.15) is 31.0 Å². The number of alkyl halides is 3. The van der Waals surface area contributed by atoms with Crippen LogP contribution >= 0.6 is 11.6 Å². The zero-order valence-electron chi connectivity index (χ0n) is 30.4. The monoisotopic (exact) mass is 784 g/mol. The van der Waals surface area contributed by atoms with Crippen LogP contribution in [0.2, 0.25) is 5.02 Å². The molecule has 0 aliphatic carbocycles. The van der Waals surface area contributed by atoms with E-state index in [9.17, 15) is 33.0 Å². The summed E-state index contributed by atoms with van der Waals surface area (Å²) in [6.45, 7) is 2.62. The molecule has 6 rings (SSSR count). The Morgan fingerprint density at radius 2 is 1.80 bits per heavy atom. The number of piperazine rings is 1. The van der Waals surface area contributed by atoms with Crippen LogP contribution in [0.5, 0.6) is 5.75 Å². The van der Waals surface area contributed by atoms with Crippen LogP contribution in [-0.4, -0.2) is 106 Å². The maximum atomic E-state index is 14.0. The molecule has 2 aromatic heterocycles. The van der Waals surface area contributed by atoms with Gasteiger partial charge in [-0.25, -0.2) is 4.98 Å². The highest BCUT2D eigenvalue weighted by atomic mass is 35.5. The lowest BCUT2D eigenvalue weighted by atomic mass is 9.90. The van der Waals surface area contributed by atoms with Crippen molar-refractivity contribution in [2.75, 3.05) is 39.3 Å². The number of benzene rings is 2. The molecule has 4 aromatic rings. The van der Waals surface area contributed by atoms with E-state index >= 15 is 0 Å². The number of hydrogen-bond donors (Lipinski definition) is 4. The zero-order valence-corrected chi connectivity index (χ0v) is 31.1. The second-order valence-corrected chi connectivity index (χ2v) is 14.9. The van der Waals surface area contributed by atoms with Gasteiger partial charge in [0.2, 0.25) is 17.7 Å². The van der Waals surface area contributed by atoms with E-state index in [0.29, 0.717) is 40.1 Å². The number of β-amino-alcohol motifs (C(OH)–C–C–N with tert-alkyl or cyclic N) is 1. The molecule has 1 saturated heterocycles. The molecule has 2 aliphatic heterocycles. The number of oxazole rings is 1. The van der Waals surface area contributed by atoms with Crippen molar-refractivity contribution in [3.05, 3.63) is 101 Å². The minimum Gasteiger partial charge on any atom is -0.490 e. The highest BCUT2D eigenvalue weighted by Crippen LogP contribution is 2.34. The standard InChI is InChI=1S/C39H44ClF3N6O6/c1-38(2,37-45-19-33(55-37)26-15-27(40)18-44-17-26)49-13-12-48(30(21-49)36(53)46-23-39(41,42)43)20-28(50)16-25(14-24-8-4-3-5-9-24)35(52)47-34-29-10-6-7-11-32(29)54-22-31(34)51/h3-11,15,17-19,25,28,30-31,34,50-51H,12-14,16,20-23H2,1-2H3,(H,46,53)(H,47,52)/t25-,28+,30+,31-,34+/m1/s1. The number of para-hydroxylation sites is 1. The van der Waals surface area contributed by atoms with Gasteiger partial charge in [0.15, 0.2) is 5.76 Å². The number of fused-ring (bicyclic) bond motifs is 1. The summed E-state index contributed by atoms with van der Waals surface area (Å²) < 4.78 is 51.5. The molecular weight excluding hydrogens is 741 g/mol. The molecule has 0 radical (unpaired) electrons. The van der Waals surface area contributed by atoms with E-state index in [1.807, 2.05) is 54.4 Å². The van der Waals surface area contributed by atoms with Gasteiger partial charge >= 0.3 is 6.18 Å². The molecule has 4 N–H and O–H groups in total. The van der Waals surface area contributed by atoms with Crippen LogP contribution in [0.4, 0.5) is 13.2 Å². The number of aromatic nitrogens is 2. The Hall–Kier alpha value is -4.54. The molecule has 55 heavy (non-hydrogen) atoms. The maximum absolute atomic E-state index is 14.0. The van der Waals surface area contributed by atoms with Crippen molar-refractivity contribution in [2.45, 2.75) is 62.7 Å². The summed E-state index contributed by atoms with van der Waals surface area (Å²) in [7, 11) is 0. The van der Waals surface area contributed by atoms with Crippen LogP contribution < -0.4 is 15.4 Å². The van der Waals surface area contributed by atoms with Crippen LogP contribution in [0.25, 0.3) is 11.3 Å². The highest BCUT2D eigenvalue weighted by molar-refractivity contribution is 6.30. The van der Waals surface area contributed by atoms with Crippen LogP contribution in [0.1, 0.15) is 43.3 Å². The van der Waals surface area contributed by atoms with E-state index in [2.05, 4.69) is 15.3 Å². The van der Waals surface area contributed by atoms with Crippen LogP contribution in [-0.2, 0) is 21.5 Å². The average molecular weight is 785 g/mol. The third-order valence-electron chi connectivity index (χ3n) is 10.1. The Kier molecular flexibility index (Phi) is 12.5. The Morgan fingerprint density at radius 3 is 2.55 bits per heavy atom. The van der Waals surface area contributed by atoms with Gasteiger partial charge in [0.05, 0.1) is 28.9 Å². The topological polar surface area (TPSA) is 153 Å². The quantitative estimate of drug-likeness (QED) is 0.152. The smallest absolute Gasteiger partial charge is 0.405 e. The zero-order chi connectivity index (χ0) is 39.3. The van der Waals surface area contributed by atoms with Crippen molar-refractivity contribution in [2.24, 2.45) is 5.92 Å². The van der Waals surface area contributed by atoms with Gasteiger partial charge in [-0.1, -0.05) is 60.1 Å². The number of amides is 2. The molecule has 2 aromatic carbocycles. The number of carbonyl (C=O) groups excluding carboxylic acids is 2. The molecule has 1 fully saturated rings. The van der Waals surface area contributed by atoms with Crippen molar-refractivity contribution in [1.29, 1.82) is 0 Å². The van der Waals surface area contributed by atoms with E-state index in [1.165, 1.54) is 12.4 Å². The van der Waals surface area contributed by atoms with Crippen LogP contribution in [0, 0.1) is 5.92 Å². The molecule has 12 nitrogen and oxygen atoms in total. The first-order chi connectivity index (χ1) is 26.2. The number of ether oxygens (including phenoxy) is 1. The van der Waals surface area contributed by atoms with Crippen molar-refractivity contribution in [1.82, 2.24) is 30.4 Å². The predicted octanol–water partition coefficient (Wildman–Crippen LogP) is 4.51. The fourth-order valence-electron chi connectivity index (χ4n) is 7.12. The van der Waals surface area contributed by atoms with Gasteiger partial charge in [-0.05, 0) is 44.4 Å². The van der Waals surface area contributed by atoms with Gasteiger partial charge < -0.3 is 30.0 Å². The van der Waals surface area contributed by atoms with Gasteiger partial charge in [0, 0.05) is 55.6 Å². The normalized spacial score (nSPS) is 20.5. The first kappa shape index (κ1) is 40.1. The summed E-state index contributed by atoms with van der Waals surface area (Å²) in [6, 6.07) is 16.2. The van der Waals surface area contributed by atoms with Crippen molar-refractivity contribution >= 4 is 23.4 Å². The number of pyridine rings is 1. The van der Waals surface area contributed by atoms with E-state index in [4.69, 9.17) is 20.8 Å². The fourth-order valence-corrected chi connectivity index (χ4v) is 7.29. The van der Waals surface area contributed by atoms with Crippen LogP contribution in [0.3, 0.4) is 0 Å². The molecule has 2 aliphatic rings. The minimum absolute atomic E-state index is 0.00514. The molecule has 2 amide bonds. The number of rotatable bonds is 13. The molecule has 0 bridgehead atoms. The number of halogens is 4. The molecule has 0 spiro atoms. The van der Waals surface area contributed by atoms with Crippen molar-refractivity contribution in [3.63, 3.8) is 0 Å². The predicted molar refractivity (Wildman–Crippen MR) is 197 cm³/mol. The lowest BCUT2D eigenvalue weighted by molar-refractivity contribution is -0.144. The third kappa shape index (κ3) is 10.0. The number of carbonyl (C=O) groups is 2. The Balaban J connectivity index is 1.19. The maximum Gasteiger partial charge on any atom is 0.405 e. The Morgan fingerprint density at radius 1 is 1.05 bits per heavy atom. The minimum atomic E-state index is -4.63. The number of hydrogen-bond acceptors (Lipinski definition) is 10. The first-order valence-electron chi connectivity index (χ1n) is 18.0. The highest BCUT2D eigenvalue weighted by Gasteiger charge is 2.43. The summed E-state index contributed by atoms with van der Waals surface area (Å²) in [5.41, 5.74) is 1.19. The van der Waals surface area contributed by atoms with Crippen LogP contribution in [0.15, 0.2) is 83.7 Å². The van der Waals surface area contributed by atoms with Crippen molar-refractivity contribution in [3.8, 4) is 17.1 Å². The summed E-state index contributed by atoms with van der Waals surface area (Å²) in [5.74, 6) is -0.716. The summed E-state index contributed by atoms with van der Waals surface area (Å²) in [6.07, 6.45) is -1.94. The van der Waals surface area contributed by atoms with Gasteiger partial charge in [-0.15, -0.1) is 0 Å². The van der Waals surface area contributed by atoms with Gasteiger partial charge in [0.25, 0.3) is 0 Å². The van der Waals surface area contributed by atoms with Gasteiger partial charge in [-0.3, -0.25) is 24.4 Å². The Labute approximate surface area is 321 Å². The van der Waals surface area contributed by atoms with E-state index in [1.54, 1.807) is 41.4 Å². The van der Waals surface area contributed by atoms with E-state index in [-0.39, 0.29) is 39.1 Å². The van der Waals surface area contributed by atoms with E-state index < -0.39 is 60.3 Å². The number of aliphatic hydroxyl groups is 2. The second-order valence-electron chi connectivity index (χ2n) is 14.4. The molecule has 4 heterocycles. The largest absolute Gasteiger partial charge is 0.490 e. The van der Waals surface area contributed by atoms with Gasteiger partial charge in [-0.2, -0.15) is 13.2 Å². The lowest BCUT2D eigenvalue weighted by Gasteiger charge is -2.46. The molecule has 5 atom stereocenters. The fraction of sp³-hybridized carbons (Fsp3) is 0.436. The van der Waals surface area contributed by atoms with Crippen molar-refractivity contribution < 1.29 is 42.1 Å². The molecule has 294 valence electrons. The second kappa shape index (κ2) is 17.1. The summed E-state index contributed by atoms with van der Waals surface area (Å²) in [5, 5.41) is 27.8. The molecule has 16 heteroatoms. The summed E-state index contributed by atoms with van der Waals surface area (Å²) in [4.78, 5) is 39.5.